The molecule has 0 aliphatic heterocycles. The number of unbranched alkanes of at least 4 members (excludes halogenated alkanes) is 1. The SMILES string of the molecule is CCCCOC(C)=O.CCOC(=O)CC. The van der Waals surface area contributed by atoms with Crippen LogP contribution in [0.1, 0.15) is 47.0 Å². The van der Waals surface area contributed by atoms with Gasteiger partial charge in [-0.3, -0.25) is 9.59 Å². The number of carbonyl (C=O) groups is 2. The molecule has 0 saturated heterocycles. The van der Waals surface area contributed by atoms with Crippen molar-refractivity contribution in [1.82, 2.24) is 0 Å². The molecule has 0 bridgehead atoms. The Morgan fingerprint density at radius 3 is 1.93 bits per heavy atom. The molecule has 0 radical (unpaired) electrons. The van der Waals surface area contributed by atoms with E-state index < -0.39 is 0 Å². The molecule has 0 rings (SSSR count). The first-order valence-corrected chi connectivity index (χ1v) is 5.37. The molecule has 90 valence electrons. The van der Waals surface area contributed by atoms with Crippen molar-refractivity contribution < 1.29 is 19.1 Å². The predicted octanol–water partition coefficient (Wildman–Crippen LogP) is 2.31. The largest absolute Gasteiger partial charge is 0.466 e. The lowest BCUT2D eigenvalue weighted by Crippen LogP contribution is -2.00. The van der Waals surface area contributed by atoms with E-state index in [9.17, 15) is 9.59 Å². The second-order valence-electron chi connectivity index (χ2n) is 2.85. The third-order valence-corrected chi connectivity index (χ3v) is 1.40. The van der Waals surface area contributed by atoms with Gasteiger partial charge in [0, 0.05) is 13.3 Å². The molecule has 0 aliphatic rings. The van der Waals surface area contributed by atoms with Gasteiger partial charge in [-0.15, -0.1) is 0 Å². The van der Waals surface area contributed by atoms with Crippen molar-refractivity contribution in [3.8, 4) is 0 Å². The average Bonchev–Trinajstić information content (AvgIpc) is 2.19. The molecule has 0 atom stereocenters. The number of esters is 2. The third kappa shape index (κ3) is 19.4. The molecule has 0 fully saturated rings. The Hall–Kier alpha value is -1.06. The first-order chi connectivity index (χ1) is 7.08. The summed E-state index contributed by atoms with van der Waals surface area (Å²) in [5.41, 5.74) is 0. The van der Waals surface area contributed by atoms with Crippen LogP contribution >= 0.6 is 0 Å². The van der Waals surface area contributed by atoms with E-state index in [4.69, 9.17) is 0 Å². The summed E-state index contributed by atoms with van der Waals surface area (Å²) >= 11 is 0. The Balaban J connectivity index is 0. The van der Waals surface area contributed by atoms with Gasteiger partial charge in [0.05, 0.1) is 13.2 Å². The summed E-state index contributed by atoms with van der Waals surface area (Å²) in [6.45, 7) is 8.13. The lowest BCUT2D eigenvalue weighted by atomic mass is 10.4. The van der Waals surface area contributed by atoms with Gasteiger partial charge in [-0.2, -0.15) is 0 Å². The fourth-order valence-corrected chi connectivity index (χ4v) is 0.623. The van der Waals surface area contributed by atoms with E-state index in [0.29, 0.717) is 19.6 Å². The van der Waals surface area contributed by atoms with E-state index in [1.807, 2.05) is 0 Å². The van der Waals surface area contributed by atoms with E-state index >= 15 is 0 Å². The van der Waals surface area contributed by atoms with E-state index in [-0.39, 0.29) is 11.9 Å². The smallest absolute Gasteiger partial charge is 0.305 e. The Morgan fingerprint density at radius 2 is 1.67 bits per heavy atom. The molecule has 0 N–H and O–H groups in total. The van der Waals surface area contributed by atoms with Gasteiger partial charge in [0.25, 0.3) is 0 Å². The molecule has 0 saturated carbocycles. The average molecular weight is 218 g/mol. The lowest BCUT2D eigenvalue weighted by molar-refractivity contribution is -0.143. The number of hydrogen-bond donors (Lipinski definition) is 0. The van der Waals surface area contributed by atoms with Gasteiger partial charge in [0.15, 0.2) is 0 Å². The first-order valence-electron chi connectivity index (χ1n) is 5.37. The molecule has 0 spiro atoms. The summed E-state index contributed by atoms with van der Waals surface area (Å²) in [6, 6.07) is 0. The zero-order valence-electron chi connectivity index (χ0n) is 10.2. The lowest BCUT2D eigenvalue weighted by Gasteiger charge is -1.96. The number of carbonyl (C=O) groups excluding carboxylic acids is 2. The molecular weight excluding hydrogens is 196 g/mol. The topological polar surface area (TPSA) is 52.6 Å². The van der Waals surface area contributed by atoms with E-state index in [0.717, 1.165) is 12.8 Å². The van der Waals surface area contributed by atoms with Gasteiger partial charge < -0.3 is 9.47 Å². The summed E-state index contributed by atoms with van der Waals surface area (Å²) in [5, 5.41) is 0. The monoisotopic (exact) mass is 218 g/mol. The second kappa shape index (κ2) is 12.9. The summed E-state index contributed by atoms with van der Waals surface area (Å²) in [5.74, 6) is -0.305. The van der Waals surface area contributed by atoms with Crippen molar-refractivity contribution in [3.05, 3.63) is 0 Å². The first kappa shape index (κ1) is 16.4. The van der Waals surface area contributed by atoms with Crippen LogP contribution in [0.4, 0.5) is 0 Å². The Morgan fingerprint density at radius 1 is 1.07 bits per heavy atom. The standard InChI is InChI=1S/C6H12O2.C5H10O2/c1-3-4-5-8-6(2)7;1-3-5(6)7-4-2/h3-5H2,1-2H3;3-4H2,1-2H3. The van der Waals surface area contributed by atoms with Gasteiger partial charge in [-0.1, -0.05) is 20.3 Å². The maximum absolute atomic E-state index is 10.2. The zero-order chi connectivity index (χ0) is 12.1. The molecule has 4 heteroatoms. The highest BCUT2D eigenvalue weighted by Gasteiger charge is 1.91. The molecule has 0 aromatic rings. The van der Waals surface area contributed by atoms with Crippen LogP contribution in [-0.4, -0.2) is 25.2 Å². The molecule has 0 unspecified atom stereocenters. The maximum Gasteiger partial charge on any atom is 0.305 e. The number of ether oxygens (including phenoxy) is 2. The van der Waals surface area contributed by atoms with Crippen LogP contribution in [0.5, 0.6) is 0 Å². The van der Waals surface area contributed by atoms with Crippen LogP contribution in [0.15, 0.2) is 0 Å². The van der Waals surface area contributed by atoms with E-state index in [1.54, 1.807) is 13.8 Å². The van der Waals surface area contributed by atoms with Gasteiger partial charge in [0.1, 0.15) is 0 Å². The highest BCUT2D eigenvalue weighted by molar-refractivity contribution is 5.68. The van der Waals surface area contributed by atoms with Crippen molar-refractivity contribution in [3.63, 3.8) is 0 Å². The summed E-state index contributed by atoms with van der Waals surface area (Å²) < 4.78 is 9.20. The van der Waals surface area contributed by atoms with Crippen molar-refractivity contribution in [2.75, 3.05) is 13.2 Å². The van der Waals surface area contributed by atoms with Crippen LogP contribution in [0.2, 0.25) is 0 Å². The summed E-state index contributed by atoms with van der Waals surface area (Å²) in [7, 11) is 0. The minimum Gasteiger partial charge on any atom is -0.466 e. The molecule has 0 aromatic carbocycles. The van der Waals surface area contributed by atoms with Crippen molar-refractivity contribution in [2.24, 2.45) is 0 Å². The normalized spacial score (nSPS) is 8.53. The summed E-state index contributed by atoms with van der Waals surface area (Å²) in [4.78, 5) is 20.3. The van der Waals surface area contributed by atoms with Gasteiger partial charge in [-0.25, -0.2) is 0 Å². The Bertz CT molecular complexity index is 166. The van der Waals surface area contributed by atoms with Gasteiger partial charge >= 0.3 is 11.9 Å². The van der Waals surface area contributed by atoms with Crippen molar-refractivity contribution >= 4 is 11.9 Å². The second-order valence-corrected chi connectivity index (χ2v) is 2.85. The molecular formula is C11H22O4. The quantitative estimate of drug-likeness (QED) is 0.525. The molecule has 0 aromatic heterocycles. The fourth-order valence-electron chi connectivity index (χ4n) is 0.623. The third-order valence-electron chi connectivity index (χ3n) is 1.40. The Labute approximate surface area is 91.9 Å². The minimum absolute atomic E-state index is 0.123. The predicted molar refractivity (Wildman–Crippen MR) is 58.5 cm³/mol. The minimum atomic E-state index is -0.182. The van der Waals surface area contributed by atoms with Gasteiger partial charge in [0.2, 0.25) is 0 Å². The number of hydrogen-bond acceptors (Lipinski definition) is 4. The van der Waals surface area contributed by atoms with Crippen LogP contribution in [-0.2, 0) is 19.1 Å². The van der Waals surface area contributed by atoms with Crippen LogP contribution < -0.4 is 0 Å². The van der Waals surface area contributed by atoms with Crippen molar-refractivity contribution in [1.29, 1.82) is 0 Å². The highest BCUT2D eigenvalue weighted by atomic mass is 16.5. The highest BCUT2D eigenvalue weighted by Crippen LogP contribution is 1.86. The number of rotatable bonds is 5. The zero-order valence-corrected chi connectivity index (χ0v) is 10.2. The van der Waals surface area contributed by atoms with Gasteiger partial charge in [-0.05, 0) is 13.3 Å². The van der Waals surface area contributed by atoms with Crippen LogP contribution in [0, 0.1) is 0 Å². The van der Waals surface area contributed by atoms with Crippen LogP contribution in [0.25, 0.3) is 0 Å². The molecule has 0 amide bonds. The molecule has 0 heterocycles. The Kier molecular flexibility index (Phi) is 14.1. The molecule has 4 nitrogen and oxygen atoms in total. The van der Waals surface area contributed by atoms with E-state index in [1.165, 1.54) is 6.92 Å². The maximum atomic E-state index is 10.2. The van der Waals surface area contributed by atoms with E-state index in [2.05, 4.69) is 16.4 Å². The molecule has 0 aliphatic carbocycles. The van der Waals surface area contributed by atoms with Crippen LogP contribution in [0.3, 0.4) is 0 Å². The summed E-state index contributed by atoms with van der Waals surface area (Å²) in [6.07, 6.45) is 2.53. The fraction of sp³-hybridized carbons (Fsp3) is 0.818. The molecule has 15 heavy (non-hydrogen) atoms. The van der Waals surface area contributed by atoms with Crippen molar-refractivity contribution in [2.45, 2.75) is 47.0 Å².